The van der Waals surface area contributed by atoms with Crippen LogP contribution >= 0.6 is 11.6 Å². The first-order chi connectivity index (χ1) is 13.6. The van der Waals surface area contributed by atoms with Crippen LogP contribution in [-0.4, -0.2) is 21.0 Å². The monoisotopic (exact) mass is 394 g/mol. The van der Waals surface area contributed by atoms with Gasteiger partial charge in [-0.15, -0.1) is 0 Å². The van der Waals surface area contributed by atoms with E-state index in [4.69, 9.17) is 16.1 Å². The smallest absolute Gasteiger partial charge is 0.259 e. The maximum atomic E-state index is 13.1. The van der Waals surface area contributed by atoms with Gasteiger partial charge in [-0.1, -0.05) is 28.9 Å². The minimum Gasteiger partial charge on any atom is -0.334 e. The summed E-state index contributed by atoms with van der Waals surface area (Å²) in [6.45, 7) is 0. The largest absolute Gasteiger partial charge is 0.334 e. The maximum absolute atomic E-state index is 13.1. The fraction of sp³-hybridized carbons (Fsp3) is 0. The van der Waals surface area contributed by atoms with Crippen LogP contribution in [0.3, 0.4) is 0 Å². The van der Waals surface area contributed by atoms with E-state index in [2.05, 4.69) is 20.4 Å². The van der Waals surface area contributed by atoms with Crippen LogP contribution in [0.4, 0.5) is 10.2 Å². The summed E-state index contributed by atoms with van der Waals surface area (Å²) in [6.07, 6.45) is 1.44. The van der Waals surface area contributed by atoms with Gasteiger partial charge in [-0.25, -0.2) is 9.37 Å². The minimum absolute atomic E-state index is 0.175. The van der Waals surface area contributed by atoms with E-state index in [0.717, 1.165) is 0 Å². The molecular formula is C20H12ClFN4O2. The number of aromatic nitrogens is 3. The molecule has 0 aliphatic heterocycles. The molecule has 0 spiro atoms. The second kappa shape index (κ2) is 7.58. The summed E-state index contributed by atoms with van der Waals surface area (Å²) < 4.78 is 18.4. The van der Waals surface area contributed by atoms with E-state index < -0.39 is 0 Å². The van der Waals surface area contributed by atoms with Crippen LogP contribution in [0.1, 0.15) is 10.4 Å². The first kappa shape index (κ1) is 17.8. The lowest BCUT2D eigenvalue weighted by Gasteiger charge is -2.07. The van der Waals surface area contributed by atoms with Gasteiger partial charge < -0.3 is 9.84 Å². The van der Waals surface area contributed by atoms with Crippen LogP contribution in [0.5, 0.6) is 0 Å². The van der Waals surface area contributed by atoms with E-state index >= 15 is 0 Å². The van der Waals surface area contributed by atoms with Crippen molar-refractivity contribution in [2.45, 2.75) is 0 Å². The molecular weight excluding hydrogens is 383 g/mol. The molecule has 0 aliphatic rings. The zero-order valence-electron chi connectivity index (χ0n) is 14.3. The Bertz CT molecular complexity index is 1130. The second-order valence-corrected chi connectivity index (χ2v) is 6.23. The predicted molar refractivity (Wildman–Crippen MR) is 102 cm³/mol. The molecule has 0 saturated carbocycles. The molecule has 4 aromatic rings. The highest BCUT2D eigenvalue weighted by molar-refractivity contribution is 6.30. The number of pyridine rings is 1. The van der Waals surface area contributed by atoms with Gasteiger partial charge in [0.2, 0.25) is 5.82 Å². The molecule has 6 nitrogen and oxygen atoms in total. The second-order valence-electron chi connectivity index (χ2n) is 5.79. The Morgan fingerprint density at radius 1 is 1.04 bits per heavy atom. The molecule has 0 saturated heterocycles. The van der Waals surface area contributed by atoms with Crippen molar-refractivity contribution in [1.29, 1.82) is 0 Å². The van der Waals surface area contributed by atoms with Crippen LogP contribution in [0.2, 0.25) is 5.02 Å². The number of rotatable bonds is 4. The number of anilines is 1. The van der Waals surface area contributed by atoms with Crippen molar-refractivity contribution in [2.75, 3.05) is 5.32 Å². The summed E-state index contributed by atoms with van der Waals surface area (Å²) in [7, 11) is 0. The van der Waals surface area contributed by atoms with Crippen LogP contribution in [0.15, 0.2) is 71.4 Å². The lowest BCUT2D eigenvalue weighted by Crippen LogP contribution is -2.14. The van der Waals surface area contributed by atoms with Gasteiger partial charge in [0.15, 0.2) is 0 Å². The first-order valence-corrected chi connectivity index (χ1v) is 8.60. The highest BCUT2D eigenvalue weighted by Crippen LogP contribution is 2.26. The lowest BCUT2D eigenvalue weighted by molar-refractivity contribution is 0.102. The highest BCUT2D eigenvalue weighted by atomic mass is 35.5. The zero-order chi connectivity index (χ0) is 19.5. The Morgan fingerprint density at radius 2 is 1.82 bits per heavy atom. The molecule has 0 radical (unpaired) electrons. The van der Waals surface area contributed by atoms with E-state index in [-0.39, 0.29) is 17.6 Å². The molecule has 0 fully saturated rings. The van der Waals surface area contributed by atoms with Gasteiger partial charge in [0.05, 0.1) is 16.1 Å². The summed E-state index contributed by atoms with van der Waals surface area (Å²) in [5.74, 6) is 0.0951. The number of amides is 1. The molecule has 2 aromatic heterocycles. The number of hydrogen-bond acceptors (Lipinski definition) is 5. The Balaban J connectivity index is 1.63. The van der Waals surface area contributed by atoms with Crippen molar-refractivity contribution >= 4 is 23.3 Å². The summed E-state index contributed by atoms with van der Waals surface area (Å²) >= 11 is 5.81. The third-order valence-corrected chi connectivity index (χ3v) is 4.12. The van der Waals surface area contributed by atoms with Gasteiger partial charge in [0, 0.05) is 11.8 Å². The van der Waals surface area contributed by atoms with Gasteiger partial charge in [0.1, 0.15) is 11.6 Å². The Labute approximate surface area is 164 Å². The Morgan fingerprint density at radius 3 is 2.57 bits per heavy atom. The zero-order valence-corrected chi connectivity index (χ0v) is 15.0. The molecule has 2 heterocycles. The van der Waals surface area contributed by atoms with Gasteiger partial charge in [0.25, 0.3) is 11.8 Å². The number of nitrogens with one attached hydrogen (secondary N) is 1. The Hall–Kier alpha value is -3.58. The molecule has 28 heavy (non-hydrogen) atoms. The van der Waals surface area contributed by atoms with Crippen LogP contribution in [0.25, 0.3) is 22.8 Å². The summed E-state index contributed by atoms with van der Waals surface area (Å²) in [5, 5.41) is 7.09. The highest BCUT2D eigenvalue weighted by Gasteiger charge is 2.18. The molecule has 0 atom stereocenters. The molecule has 0 bridgehead atoms. The number of carbonyl (C=O) groups is 1. The fourth-order valence-corrected chi connectivity index (χ4v) is 2.66. The van der Waals surface area contributed by atoms with Crippen LogP contribution in [0, 0.1) is 5.82 Å². The topological polar surface area (TPSA) is 80.9 Å². The normalized spacial score (nSPS) is 10.6. The quantitative estimate of drug-likeness (QED) is 0.535. The van der Waals surface area contributed by atoms with Gasteiger partial charge >= 0.3 is 0 Å². The number of carbonyl (C=O) groups excluding carboxylic acids is 1. The van der Waals surface area contributed by atoms with E-state index in [9.17, 15) is 9.18 Å². The molecule has 4 rings (SSSR count). The molecule has 1 N–H and O–H groups in total. The first-order valence-electron chi connectivity index (χ1n) is 8.22. The van der Waals surface area contributed by atoms with Crippen LogP contribution in [-0.2, 0) is 0 Å². The fourth-order valence-electron chi connectivity index (χ4n) is 2.55. The van der Waals surface area contributed by atoms with Crippen molar-refractivity contribution in [3.8, 4) is 22.8 Å². The van der Waals surface area contributed by atoms with E-state index in [1.54, 1.807) is 48.5 Å². The maximum Gasteiger partial charge on any atom is 0.259 e. The van der Waals surface area contributed by atoms with E-state index in [1.165, 1.54) is 18.3 Å². The molecule has 2 aromatic carbocycles. The summed E-state index contributed by atoms with van der Waals surface area (Å²) in [4.78, 5) is 21.1. The summed E-state index contributed by atoms with van der Waals surface area (Å²) in [5.41, 5.74) is 1.41. The van der Waals surface area contributed by atoms with Crippen molar-refractivity contribution < 1.29 is 13.7 Å². The average molecular weight is 395 g/mol. The third-order valence-electron chi connectivity index (χ3n) is 3.90. The number of benzene rings is 2. The van der Waals surface area contributed by atoms with Gasteiger partial charge in [-0.3, -0.25) is 4.79 Å². The average Bonchev–Trinajstić information content (AvgIpc) is 3.20. The van der Waals surface area contributed by atoms with E-state index in [0.29, 0.717) is 33.4 Å². The molecule has 8 heteroatoms. The molecule has 0 unspecified atom stereocenters. The molecule has 1 amide bonds. The summed E-state index contributed by atoms with van der Waals surface area (Å²) in [6, 6.07) is 15.8. The molecule has 0 aliphatic carbocycles. The number of halogens is 2. The third kappa shape index (κ3) is 3.74. The predicted octanol–water partition coefficient (Wildman–Crippen LogP) is 4.84. The number of hydrogen-bond donors (Lipinski definition) is 1. The van der Waals surface area contributed by atoms with Crippen molar-refractivity contribution in [3.63, 3.8) is 0 Å². The molecule has 138 valence electrons. The van der Waals surface area contributed by atoms with Crippen molar-refractivity contribution in [1.82, 2.24) is 15.1 Å². The van der Waals surface area contributed by atoms with Gasteiger partial charge in [-0.05, 0) is 48.5 Å². The minimum atomic E-state index is -0.382. The van der Waals surface area contributed by atoms with Crippen LogP contribution < -0.4 is 5.32 Å². The van der Waals surface area contributed by atoms with Crippen molar-refractivity contribution in [3.05, 3.63) is 83.3 Å². The standard InChI is InChI=1S/C20H12ClFN4O2/c21-13-7-10-17(23-11-13)24-19(27)15-3-1-2-4-16(15)20-25-18(26-28-20)12-5-8-14(22)9-6-12/h1-11H,(H,23,24,27). The number of nitrogens with zero attached hydrogens (tertiary/aromatic N) is 3. The SMILES string of the molecule is O=C(Nc1ccc(Cl)cn1)c1ccccc1-c1nc(-c2ccc(F)cc2)no1. The lowest BCUT2D eigenvalue weighted by atomic mass is 10.1. The van der Waals surface area contributed by atoms with Gasteiger partial charge in [-0.2, -0.15) is 4.98 Å². The Kier molecular flexibility index (Phi) is 4.82. The van der Waals surface area contributed by atoms with Crippen molar-refractivity contribution in [2.24, 2.45) is 0 Å². The van der Waals surface area contributed by atoms with E-state index in [1.807, 2.05) is 0 Å².